The van der Waals surface area contributed by atoms with Crippen LogP contribution in [0, 0.1) is 17.8 Å². The Bertz CT molecular complexity index is 1080. The molecule has 1 saturated heterocycles. The van der Waals surface area contributed by atoms with Crippen molar-refractivity contribution >= 4 is 11.9 Å². The number of aliphatic carboxylic acids is 1. The average molecular weight is 423 g/mol. The number of aromatic nitrogens is 2. The molecule has 0 unspecified atom stereocenters. The maximum absolute atomic E-state index is 13.4. The summed E-state index contributed by atoms with van der Waals surface area (Å²) in [5.74, 6) is -2.75. The highest BCUT2D eigenvalue weighted by atomic mass is 16.4. The molecule has 0 spiro atoms. The molecule has 4 atom stereocenters. The number of hydrogen-bond donors (Lipinski definition) is 2. The summed E-state index contributed by atoms with van der Waals surface area (Å²) < 4.78 is 1.61. The number of aliphatic hydroxyl groups is 1. The molecule has 2 bridgehead atoms. The van der Waals surface area contributed by atoms with E-state index < -0.39 is 29.9 Å². The van der Waals surface area contributed by atoms with Crippen LogP contribution in [-0.4, -0.2) is 49.2 Å². The SMILES string of the molecule is O=C(O)[C@H]1[C@H](CO)[C@H]2Cn3c(ccc(-c4ccncc4)c3=O)[C@@H]1N2C(=O)C1CCCC1. The van der Waals surface area contributed by atoms with E-state index in [1.165, 1.54) is 0 Å². The van der Waals surface area contributed by atoms with E-state index in [1.807, 2.05) is 0 Å². The molecule has 1 saturated carbocycles. The van der Waals surface area contributed by atoms with Crippen LogP contribution in [0.25, 0.3) is 11.1 Å². The number of carbonyl (C=O) groups excluding carboxylic acids is 1. The minimum absolute atomic E-state index is 0.0355. The number of hydrogen-bond acceptors (Lipinski definition) is 5. The van der Waals surface area contributed by atoms with Gasteiger partial charge in [0.05, 0.1) is 18.0 Å². The number of carbonyl (C=O) groups is 2. The minimum Gasteiger partial charge on any atom is -0.481 e. The maximum atomic E-state index is 13.4. The number of amides is 1. The lowest BCUT2D eigenvalue weighted by atomic mass is 9.87. The van der Waals surface area contributed by atoms with Gasteiger partial charge in [-0.15, -0.1) is 0 Å². The zero-order valence-corrected chi connectivity index (χ0v) is 17.1. The molecule has 2 fully saturated rings. The summed E-state index contributed by atoms with van der Waals surface area (Å²) in [7, 11) is 0. The molecule has 8 heteroatoms. The van der Waals surface area contributed by atoms with E-state index in [0.717, 1.165) is 31.2 Å². The van der Waals surface area contributed by atoms with Gasteiger partial charge >= 0.3 is 5.97 Å². The van der Waals surface area contributed by atoms with Crippen molar-refractivity contribution in [3.63, 3.8) is 0 Å². The van der Waals surface area contributed by atoms with Crippen LogP contribution in [-0.2, 0) is 16.1 Å². The topological polar surface area (TPSA) is 113 Å². The van der Waals surface area contributed by atoms with Crippen LogP contribution in [0.5, 0.6) is 0 Å². The second-order valence-corrected chi connectivity index (χ2v) is 8.77. The first kappa shape index (κ1) is 19.9. The number of rotatable bonds is 4. The molecule has 0 radical (unpaired) electrons. The molecule has 31 heavy (non-hydrogen) atoms. The fourth-order valence-electron chi connectivity index (χ4n) is 5.82. The second kappa shape index (κ2) is 7.60. The van der Waals surface area contributed by atoms with Gasteiger partial charge in [0.25, 0.3) is 5.56 Å². The minimum atomic E-state index is -1.05. The number of pyridine rings is 2. The number of carboxylic acids is 1. The lowest BCUT2D eigenvalue weighted by Gasteiger charge is -2.39. The summed E-state index contributed by atoms with van der Waals surface area (Å²) in [6, 6.07) is 5.72. The number of fused-ring (bicyclic) bond motifs is 4. The standard InChI is InChI=1S/C23H25N3O5/c27-12-16-18-11-25-17(6-5-15(22(25)29)13-7-9-24-10-8-13)20(19(16)23(30)31)26(18)21(28)14-3-1-2-4-14/h5-10,14,16,18-20,27H,1-4,11-12H2,(H,30,31)/t16-,18-,19+,20+/m1/s1. The van der Waals surface area contributed by atoms with Crippen molar-refractivity contribution in [3.8, 4) is 11.1 Å². The first-order valence-electron chi connectivity index (χ1n) is 10.8. The van der Waals surface area contributed by atoms with E-state index in [2.05, 4.69) is 4.98 Å². The molecule has 162 valence electrons. The van der Waals surface area contributed by atoms with Crippen LogP contribution < -0.4 is 5.56 Å². The maximum Gasteiger partial charge on any atom is 0.309 e. The van der Waals surface area contributed by atoms with Gasteiger partial charge in [-0.1, -0.05) is 12.8 Å². The van der Waals surface area contributed by atoms with Gasteiger partial charge in [0.2, 0.25) is 5.91 Å². The predicted octanol–water partition coefficient (Wildman–Crippen LogP) is 1.68. The van der Waals surface area contributed by atoms with E-state index in [-0.39, 0.29) is 30.5 Å². The molecular formula is C23H25N3O5. The van der Waals surface area contributed by atoms with Crippen LogP contribution in [0.2, 0.25) is 0 Å². The van der Waals surface area contributed by atoms with Crippen LogP contribution in [0.4, 0.5) is 0 Å². The Morgan fingerprint density at radius 3 is 2.45 bits per heavy atom. The van der Waals surface area contributed by atoms with Gasteiger partial charge in [-0.05, 0) is 42.7 Å². The van der Waals surface area contributed by atoms with Gasteiger partial charge in [0, 0.05) is 48.6 Å². The van der Waals surface area contributed by atoms with Gasteiger partial charge in [0.1, 0.15) is 0 Å². The second-order valence-electron chi connectivity index (χ2n) is 8.77. The van der Waals surface area contributed by atoms with Crippen molar-refractivity contribution in [1.82, 2.24) is 14.5 Å². The molecule has 3 aliphatic rings. The molecule has 8 nitrogen and oxygen atoms in total. The number of nitrogens with zero attached hydrogens (tertiary/aromatic N) is 3. The molecule has 1 amide bonds. The Kier molecular flexibility index (Phi) is 4.89. The van der Waals surface area contributed by atoms with Crippen molar-refractivity contribution in [2.75, 3.05) is 6.61 Å². The van der Waals surface area contributed by atoms with Crippen LogP contribution in [0.1, 0.15) is 37.4 Å². The van der Waals surface area contributed by atoms with Crippen molar-refractivity contribution in [3.05, 3.63) is 52.7 Å². The smallest absolute Gasteiger partial charge is 0.309 e. The fourth-order valence-corrected chi connectivity index (χ4v) is 5.82. The lowest BCUT2D eigenvalue weighted by molar-refractivity contribution is -0.146. The molecule has 5 rings (SSSR count). The molecule has 2 aromatic rings. The van der Waals surface area contributed by atoms with Crippen LogP contribution in [0.3, 0.4) is 0 Å². The largest absolute Gasteiger partial charge is 0.481 e. The van der Waals surface area contributed by atoms with Crippen molar-refractivity contribution in [1.29, 1.82) is 0 Å². The van der Waals surface area contributed by atoms with Crippen molar-refractivity contribution in [2.24, 2.45) is 17.8 Å². The quantitative estimate of drug-likeness (QED) is 0.774. The van der Waals surface area contributed by atoms with E-state index in [9.17, 15) is 24.6 Å². The molecular weight excluding hydrogens is 398 g/mol. The lowest BCUT2D eigenvalue weighted by Crippen LogP contribution is -2.50. The number of carboxylic acid groups (broad SMARTS) is 1. The van der Waals surface area contributed by atoms with Gasteiger partial charge in [0.15, 0.2) is 0 Å². The highest BCUT2D eigenvalue weighted by Gasteiger charge is 2.58. The normalized spacial score (nSPS) is 27.3. The summed E-state index contributed by atoms with van der Waals surface area (Å²) in [6.07, 6.45) is 6.85. The zero-order valence-electron chi connectivity index (χ0n) is 17.1. The Morgan fingerprint density at radius 2 is 1.81 bits per heavy atom. The monoisotopic (exact) mass is 423 g/mol. The van der Waals surface area contributed by atoms with Gasteiger partial charge in [-0.2, -0.15) is 0 Å². The summed E-state index contributed by atoms with van der Waals surface area (Å²) in [6.45, 7) is -0.149. The average Bonchev–Trinajstić information content (AvgIpc) is 3.39. The van der Waals surface area contributed by atoms with E-state index in [4.69, 9.17) is 0 Å². The number of aliphatic hydroxyl groups excluding tert-OH is 1. The molecule has 2 aliphatic heterocycles. The zero-order chi connectivity index (χ0) is 21.7. The van der Waals surface area contributed by atoms with Crippen LogP contribution in [0.15, 0.2) is 41.5 Å². The molecule has 4 heterocycles. The summed E-state index contributed by atoms with van der Waals surface area (Å²) >= 11 is 0. The molecule has 0 aromatic carbocycles. The summed E-state index contributed by atoms with van der Waals surface area (Å²) in [4.78, 5) is 44.7. The summed E-state index contributed by atoms with van der Waals surface area (Å²) in [5.41, 5.74) is 1.57. The molecule has 1 aliphatic carbocycles. The third-order valence-corrected chi connectivity index (χ3v) is 7.28. The first-order valence-corrected chi connectivity index (χ1v) is 10.8. The Balaban J connectivity index is 1.64. The van der Waals surface area contributed by atoms with Gasteiger partial charge in [-0.25, -0.2) is 0 Å². The van der Waals surface area contributed by atoms with Crippen LogP contribution >= 0.6 is 0 Å². The molecule has 2 N–H and O–H groups in total. The van der Waals surface area contributed by atoms with Gasteiger partial charge in [-0.3, -0.25) is 19.4 Å². The van der Waals surface area contributed by atoms with Crippen molar-refractivity contribution < 1.29 is 19.8 Å². The highest BCUT2D eigenvalue weighted by molar-refractivity contribution is 5.83. The Labute approximate surface area is 179 Å². The first-order chi connectivity index (χ1) is 15.0. The third kappa shape index (κ3) is 3.00. The van der Waals surface area contributed by atoms with E-state index in [0.29, 0.717) is 11.3 Å². The summed E-state index contributed by atoms with van der Waals surface area (Å²) in [5, 5.41) is 20.1. The van der Waals surface area contributed by atoms with Gasteiger partial charge < -0.3 is 19.7 Å². The predicted molar refractivity (Wildman–Crippen MR) is 111 cm³/mol. The Morgan fingerprint density at radius 1 is 1.10 bits per heavy atom. The van der Waals surface area contributed by atoms with E-state index >= 15 is 0 Å². The Hall–Kier alpha value is -3.00. The fraction of sp³-hybridized carbons (Fsp3) is 0.478. The third-order valence-electron chi connectivity index (χ3n) is 7.28. The molecule has 2 aromatic heterocycles. The highest BCUT2D eigenvalue weighted by Crippen LogP contribution is 2.49. The van der Waals surface area contributed by atoms with E-state index in [1.54, 1.807) is 46.1 Å². The van der Waals surface area contributed by atoms with Crippen molar-refractivity contribution in [2.45, 2.75) is 44.3 Å².